The summed E-state index contributed by atoms with van der Waals surface area (Å²) in [4.78, 5) is 7.22. The maximum atomic E-state index is 4.85. The van der Waals surface area contributed by atoms with E-state index in [2.05, 4.69) is 59.5 Å². The summed E-state index contributed by atoms with van der Waals surface area (Å²) in [5.41, 5.74) is 4.16. The molecule has 0 aromatic heterocycles. The minimum Gasteiger partial charge on any atom is -0.324 e. The van der Waals surface area contributed by atoms with Gasteiger partial charge < -0.3 is 4.90 Å². The molecule has 2 heterocycles. The van der Waals surface area contributed by atoms with Gasteiger partial charge in [0.05, 0.1) is 6.04 Å². The van der Waals surface area contributed by atoms with Gasteiger partial charge in [0, 0.05) is 12.2 Å². The first-order chi connectivity index (χ1) is 9.40. The molecule has 0 N–H and O–H groups in total. The Morgan fingerprint density at radius 1 is 1.11 bits per heavy atom. The summed E-state index contributed by atoms with van der Waals surface area (Å²) in [5.74, 6) is 1.13. The molecule has 2 nitrogen and oxygen atoms in total. The average molecular weight is 248 g/mol. The Hall–Kier alpha value is -2.09. The van der Waals surface area contributed by atoms with Gasteiger partial charge in [0.1, 0.15) is 5.84 Å². The summed E-state index contributed by atoms with van der Waals surface area (Å²) in [6, 6.07) is 11.0. The molecule has 0 fully saturated rings. The summed E-state index contributed by atoms with van der Waals surface area (Å²) in [6.07, 6.45) is 11.0. The standard InChI is InChI=1S/C17H16N2/c1-2-5-13(6-3-1)11-15-12-19-16-8-4-7-14(16)9-10-17(19)18-15/h1-6,8-10,15H,7,11-12H2/t15-/m0/s1. The Balaban J connectivity index is 1.56. The molecule has 0 radical (unpaired) electrons. The minimum atomic E-state index is 0.378. The molecule has 2 heteroatoms. The monoisotopic (exact) mass is 248 g/mol. The van der Waals surface area contributed by atoms with Crippen LogP contribution in [-0.2, 0) is 6.42 Å². The number of amidine groups is 1. The number of benzene rings is 1. The van der Waals surface area contributed by atoms with Gasteiger partial charge >= 0.3 is 0 Å². The molecule has 0 bridgehead atoms. The maximum Gasteiger partial charge on any atom is 0.128 e. The van der Waals surface area contributed by atoms with Gasteiger partial charge in [0.25, 0.3) is 0 Å². The van der Waals surface area contributed by atoms with Crippen molar-refractivity contribution >= 4 is 5.84 Å². The first kappa shape index (κ1) is 10.8. The predicted molar refractivity (Wildman–Crippen MR) is 78.0 cm³/mol. The second-order valence-electron chi connectivity index (χ2n) is 5.29. The van der Waals surface area contributed by atoms with Crippen LogP contribution < -0.4 is 0 Å². The highest BCUT2D eigenvalue weighted by Crippen LogP contribution is 2.31. The molecule has 0 saturated heterocycles. The smallest absolute Gasteiger partial charge is 0.128 e. The summed E-state index contributed by atoms with van der Waals surface area (Å²) in [7, 11) is 0. The van der Waals surface area contributed by atoms with Crippen molar-refractivity contribution < 1.29 is 0 Å². The van der Waals surface area contributed by atoms with E-state index < -0.39 is 0 Å². The lowest BCUT2D eigenvalue weighted by molar-refractivity contribution is 0.511. The average Bonchev–Trinajstić information content (AvgIpc) is 3.04. The SMILES string of the molecule is C1=CC2=C(C=CC3=N[C@@H](Cc4ccccc4)CN32)C1. The number of aliphatic imine (C=N–C) groups is 1. The fourth-order valence-electron chi connectivity index (χ4n) is 3.05. The molecule has 1 aliphatic carbocycles. The molecule has 1 aromatic rings. The molecular weight excluding hydrogens is 232 g/mol. The zero-order valence-electron chi connectivity index (χ0n) is 10.8. The zero-order chi connectivity index (χ0) is 12.7. The maximum absolute atomic E-state index is 4.85. The van der Waals surface area contributed by atoms with Crippen LogP contribution in [0, 0.1) is 0 Å². The molecule has 0 saturated carbocycles. The Kier molecular flexibility index (Phi) is 2.41. The Labute approximate surface area is 113 Å². The van der Waals surface area contributed by atoms with Crippen molar-refractivity contribution in [1.29, 1.82) is 0 Å². The Morgan fingerprint density at radius 3 is 2.89 bits per heavy atom. The first-order valence-corrected chi connectivity index (χ1v) is 6.87. The van der Waals surface area contributed by atoms with Crippen LogP contribution >= 0.6 is 0 Å². The molecule has 94 valence electrons. The second kappa shape index (κ2) is 4.23. The second-order valence-corrected chi connectivity index (χ2v) is 5.29. The van der Waals surface area contributed by atoms with E-state index in [0.29, 0.717) is 6.04 Å². The van der Waals surface area contributed by atoms with Crippen molar-refractivity contribution in [1.82, 2.24) is 4.90 Å². The fourth-order valence-corrected chi connectivity index (χ4v) is 3.05. The van der Waals surface area contributed by atoms with Gasteiger partial charge in [-0.15, -0.1) is 0 Å². The van der Waals surface area contributed by atoms with Crippen LogP contribution in [0.1, 0.15) is 12.0 Å². The van der Waals surface area contributed by atoms with Gasteiger partial charge in [-0.25, -0.2) is 0 Å². The number of hydrogen-bond donors (Lipinski definition) is 0. The van der Waals surface area contributed by atoms with Crippen molar-refractivity contribution in [3.05, 3.63) is 71.5 Å². The van der Waals surface area contributed by atoms with Crippen LogP contribution in [0.5, 0.6) is 0 Å². The van der Waals surface area contributed by atoms with E-state index in [4.69, 9.17) is 4.99 Å². The van der Waals surface area contributed by atoms with Crippen molar-refractivity contribution in [2.45, 2.75) is 18.9 Å². The Morgan fingerprint density at radius 2 is 2.00 bits per heavy atom. The van der Waals surface area contributed by atoms with Crippen LogP contribution in [0.15, 0.2) is 70.9 Å². The third-order valence-corrected chi connectivity index (χ3v) is 3.97. The number of hydrogen-bond acceptors (Lipinski definition) is 2. The lowest BCUT2D eigenvalue weighted by atomic mass is 10.1. The molecule has 0 spiro atoms. The summed E-state index contributed by atoms with van der Waals surface area (Å²) < 4.78 is 0. The third-order valence-electron chi connectivity index (χ3n) is 3.97. The molecular formula is C17H16N2. The summed E-state index contributed by atoms with van der Waals surface area (Å²) >= 11 is 0. The number of allylic oxidation sites excluding steroid dienone is 4. The molecule has 4 rings (SSSR count). The van der Waals surface area contributed by atoms with Gasteiger partial charge in [-0.2, -0.15) is 0 Å². The molecule has 1 atom stereocenters. The number of nitrogens with zero attached hydrogens (tertiary/aromatic N) is 2. The number of fused-ring (bicyclic) bond motifs is 2. The molecule has 19 heavy (non-hydrogen) atoms. The van der Waals surface area contributed by atoms with E-state index >= 15 is 0 Å². The topological polar surface area (TPSA) is 15.6 Å². The van der Waals surface area contributed by atoms with Crippen LogP contribution in [0.3, 0.4) is 0 Å². The third kappa shape index (κ3) is 1.84. The highest BCUT2D eigenvalue weighted by Gasteiger charge is 2.29. The van der Waals surface area contributed by atoms with Gasteiger partial charge in [0.15, 0.2) is 0 Å². The summed E-state index contributed by atoms with van der Waals surface area (Å²) in [6.45, 7) is 1.01. The van der Waals surface area contributed by atoms with E-state index in [0.717, 1.165) is 25.2 Å². The normalized spacial score (nSPS) is 23.7. The largest absolute Gasteiger partial charge is 0.324 e. The van der Waals surface area contributed by atoms with E-state index in [-0.39, 0.29) is 0 Å². The van der Waals surface area contributed by atoms with E-state index in [1.165, 1.54) is 16.8 Å². The van der Waals surface area contributed by atoms with Crippen molar-refractivity contribution in [2.24, 2.45) is 4.99 Å². The van der Waals surface area contributed by atoms with E-state index in [1.54, 1.807) is 0 Å². The van der Waals surface area contributed by atoms with Crippen LogP contribution in [0.4, 0.5) is 0 Å². The van der Waals surface area contributed by atoms with Crippen molar-refractivity contribution in [3.63, 3.8) is 0 Å². The van der Waals surface area contributed by atoms with Crippen molar-refractivity contribution in [2.75, 3.05) is 6.54 Å². The van der Waals surface area contributed by atoms with Gasteiger partial charge in [0.2, 0.25) is 0 Å². The molecule has 2 aliphatic heterocycles. The zero-order valence-corrected chi connectivity index (χ0v) is 10.8. The predicted octanol–water partition coefficient (Wildman–Crippen LogP) is 3.10. The fraction of sp³-hybridized carbons (Fsp3) is 0.235. The molecule has 3 aliphatic rings. The van der Waals surface area contributed by atoms with Gasteiger partial charge in [-0.3, -0.25) is 4.99 Å². The molecule has 1 aromatic carbocycles. The van der Waals surface area contributed by atoms with Crippen molar-refractivity contribution in [3.8, 4) is 0 Å². The highest BCUT2D eigenvalue weighted by molar-refractivity contribution is 5.98. The van der Waals surface area contributed by atoms with Gasteiger partial charge in [-0.1, -0.05) is 42.5 Å². The summed E-state index contributed by atoms with van der Waals surface area (Å²) in [5, 5.41) is 0. The lowest BCUT2D eigenvalue weighted by Crippen LogP contribution is -2.29. The molecule has 0 amide bonds. The minimum absolute atomic E-state index is 0.378. The van der Waals surface area contributed by atoms with E-state index in [9.17, 15) is 0 Å². The van der Waals surface area contributed by atoms with Crippen LogP contribution in [0.2, 0.25) is 0 Å². The molecule has 0 unspecified atom stereocenters. The highest BCUT2D eigenvalue weighted by atomic mass is 15.3. The quantitative estimate of drug-likeness (QED) is 0.785. The first-order valence-electron chi connectivity index (χ1n) is 6.87. The number of rotatable bonds is 2. The van der Waals surface area contributed by atoms with Crippen LogP contribution in [0.25, 0.3) is 0 Å². The van der Waals surface area contributed by atoms with E-state index in [1.807, 2.05) is 0 Å². The Bertz CT molecular complexity index is 620. The van der Waals surface area contributed by atoms with Gasteiger partial charge in [-0.05, 0) is 36.1 Å². The van der Waals surface area contributed by atoms with Crippen LogP contribution in [-0.4, -0.2) is 23.3 Å². The lowest BCUT2D eigenvalue weighted by Gasteiger charge is -2.24.